The Morgan fingerprint density at radius 3 is 2.64 bits per heavy atom. The zero-order valence-electron chi connectivity index (χ0n) is 7.04. The zero-order valence-corrected chi connectivity index (χ0v) is 7.04. The van der Waals surface area contributed by atoms with E-state index in [2.05, 4.69) is 25.7 Å². The number of aliphatic hydroxyl groups is 1. The number of nitrogens with one attached hydrogen (secondary N) is 1. The molecule has 1 aliphatic rings. The van der Waals surface area contributed by atoms with Gasteiger partial charge in [0.25, 0.3) is 0 Å². The van der Waals surface area contributed by atoms with E-state index in [-0.39, 0.29) is 12.1 Å². The quantitative estimate of drug-likeness (QED) is 0.625. The fraction of sp³-hybridized carbons (Fsp3) is 0.556. The zero-order chi connectivity index (χ0) is 8.43. The Labute approximate surface area is 67.6 Å². The number of rotatable bonds is 2. The van der Waals surface area contributed by atoms with Crippen LogP contribution in [-0.2, 0) is 0 Å². The Balaban J connectivity index is 2.61. The fourth-order valence-corrected chi connectivity index (χ4v) is 1.44. The summed E-state index contributed by atoms with van der Waals surface area (Å²) < 4.78 is 0. The van der Waals surface area contributed by atoms with Crippen molar-refractivity contribution in [3.8, 4) is 0 Å². The highest BCUT2D eigenvalue weighted by Gasteiger charge is 2.35. The highest BCUT2D eigenvalue weighted by molar-refractivity contribution is 5.21. The van der Waals surface area contributed by atoms with Gasteiger partial charge >= 0.3 is 0 Å². The maximum Gasteiger partial charge on any atom is 0.132 e. The first-order valence-electron chi connectivity index (χ1n) is 3.94. The second-order valence-corrected chi connectivity index (χ2v) is 3.22. The second kappa shape index (κ2) is 3.09. The highest BCUT2D eigenvalue weighted by Crippen LogP contribution is 2.29. The third kappa shape index (κ3) is 1.46. The molecule has 2 atom stereocenters. The third-order valence-electron chi connectivity index (χ3n) is 2.03. The van der Waals surface area contributed by atoms with E-state index in [4.69, 9.17) is 0 Å². The Kier molecular flexibility index (Phi) is 2.35. The molecule has 0 aromatic rings. The molecule has 1 saturated heterocycles. The van der Waals surface area contributed by atoms with E-state index >= 15 is 0 Å². The Morgan fingerprint density at radius 1 is 1.64 bits per heavy atom. The minimum absolute atomic E-state index is 0.271. The van der Waals surface area contributed by atoms with E-state index in [0.29, 0.717) is 5.92 Å². The van der Waals surface area contributed by atoms with Gasteiger partial charge in [0.15, 0.2) is 0 Å². The molecule has 1 fully saturated rings. The van der Waals surface area contributed by atoms with Gasteiger partial charge in [0.1, 0.15) is 6.23 Å². The van der Waals surface area contributed by atoms with Crippen LogP contribution in [0.2, 0.25) is 0 Å². The van der Waals surface area contributed by atoms with Crippen LogP contribution in [0, 0.1) is 11.8 Å². The number of aliphatic hydroxyl groups excluding tert-OH is 1. The molecule has 62 valence electrons. The summed E-state index contributed by atoms with van der Waals surface area (Å²) in [7, 11) is 0. The van der Waals surface area contributed by atoms with Crippen molar-refractivity contribution < 1.29 is 5.11 Å². The molecule has 0 aliphatic carbocycles. The molecule has 0 radical (unpaired) electrons. The highest BCUT2D eigenvalue weighted by atomic mass is 16.3. The van der Waals surface area contributed by atoms with Gasteiger partial charge in [-0.15, -0.1) is 0 Å². The van der Waals surface area contributed by atoms with Crippen LogP contribution in [0.4, 0.5) is 0 Å². The van der Waals surface area contributed by atoms with Crippen molar-refractivity contribution >= 4 is 0 Å². The van der Waals surface area contributed by atoms with Crippen LogP contribution in [0.25, 0.3) is 0 Å². The lowest BCUT2D eigenvalue weighted by atomic mass is 9.84. The number of hydrogen-bond donors (Lipinski definition) is 2. The van der Waals surface area contributed by atoms with Crippen molar-refractivity contribution in [2.24, 2.45) is 11.8 Å². The molecule has 11 heavy (non-hydrogen) atoms. The summed E-state index contributed by atoms with van der Waals surface area (Å²) in [5.74, 6) is 0.755. The van der Waals surface area contributed by atoms with Gasteiger partial charge in [0.05, 0.1) is 0 Å². The normalized spacial score (nSPS) is 33.3. The Bertz CT molecular complexity index is 179. The Hall–Kier alpha value is -0.760. The van der Waals surface area contributed by atoms with E-state index < -0.39 is 0 Å². The minimum Gasteiger partial charge on any atom is -0.373 e. The van der Waals surface area contributed by atoms with Crippen LogP contribution in [0.5, 0.6) is 0 Å². The smallest absolute Gasteiger partial charge is 0.132 e. The predicted molar refractivity (Wildman–Crippen MR) is 45.8 cm³/mol. The van der Waals surface area contributed by atoms with Crippen molar-refractivity contribution in [3.05, 3.63) is 24.4 Å². The van der Waals surface area contributed by atoms with E-state index in [0.717, 1.165) is 5.70 Å². The molecule has 0 saturated carbocycles. The summed E-state index contributed by atoms with van der Waals surface area (Å²) >= 11 is 0. The second-order valence-electron chi connectivity index (χ2n) is 3.22. The number of hydrogen-bond acceptors (Lipinski definition) is 2. The standard InChI is InChI=1S/C9H15NO/c1-4-5-7-8(6(2)3)9(11)10-7/h4-6,8-11H,1H2,2-3H3/b7-5+/t8-,9?/m1/s1. The Morgan fingerprint density at radius 2 is 2.27 bits per heavy atom. The molecule has 0 aromatic carbocycles. The molecule has 1 unspecified atom stereocenters. The van der Waals surface area contributed by atoms with Gasteiger partial charge in [-0.05, 0) is 12.0 Å². The molecule has 1 aliphatic heterocycles. The maximum atomic E-state index is 9.29. The molecule has 2 heteroatoms. The molecule has 2 N–H and O–H groups in total. The van der Waals surface area contributed by atoms with Gasteiger partial charge in [0.2, 0.25) is 0 Å². The van der Waals surface area contributed by atoms with Gasteiger partial charge < -0.3 is 10.4 Å². The monoisotopic (exact) mass is 153 g/mol. The minimum atomic E-state index is -0.360. The summed E-state index contributed by atoms with van der Waals surface area (Å²) in [6.45, 7) is 7.81. The molecular weight excluding hydrogens is 138 g/mol. The van der Waals surface area contributed by atoms with E-state index in [1.165, 1.54) is 0 Å². The molecule has 0 amide bonds. The van der Waals surface area contributed by atoms with Crippen LogP contribution < -0.4 is 5.32 Å². The van der Waals surface area contributed by atoms with Crippen molar-refractivity contribution in [2.75, 3.05) is 0 Å². The molecular formula is C9H15NO. The maximum absolute atomic E-state index is 9.29. The van der Waals surface area contributed by atoms with Crippen LogP contribution in [0.1, 0.15) is 13.8 Å². The van der Waals surface area contributed by atoms with E-state index in [9.17, 15) is 5.11 Å². The molecule has 2 nitrogen and oxygen atoms in total. The average Bonchev–Trinajstić information content (AvgIpc) is 1.85. The molecule has 0 aromatic heterocycles. The third-order valence-corrected chi connectivity index (χ3v) is 2.03. The first-order chi connectivity index (χ1) is 5.16. The first kappa shape index (κ1) is 8.34. The molecule has 0 spiro atoms. The van der Waals surface area contributed by atoms with Crippen molar-refractivity contribution in [1.82, 2.24) is 5.32 Å². The van der Waals surface area contributed by atoms with Crippen LogP contribution in [0.3, 0.4) is 0 Å². The first-order valence-corrected chi connectivity index (χ1v) is 3.94. The van der Waals surface area contributed by atoms with Gasteiger partial charge in [0, 0.05) is 11.6 Å². The number of allylic oxidation sites excluding steroid dienone is 2. The van der Waals surface area contributed by atoms with Crippen LogP contribution >= 0.6 is 0 Å². The molecule has 0 bridgehead atoms. The summed E-state index contributed by atoms with van der Waals surface area (Å²) in [4.78, 5) is 0. The van der Waals surface area contributed by atoms with Crippen LogP contribution in [-0.4, -0.2) is 11.3 Å². The van der Waals surface area contributed by atoms with Crippen molar-refractivity contribution in [2.45, 2.75) is 20.1 Å². The summed E-state index contributed by atoms with van der Waals surface area (Å²) in [6.07, 6.45) is 3.29. The van der Waals surface area contributed by atoms with Gasteiger partial charge in [-0.3, -0.25) is 0 Å². The summed E-state index contributed by atoms with van der Waals surface area (Å²) in [6, 6.07) is 0. The fourth-order valence-electron chi connectivity index (χ4n) is 1.44. The molecule has 1 heterocycles. The van der Waals surface area contributed by atoms with Gasteiger partial charge in [-0.1, -0.05) is 26.5 Å². The van der Waals surface area contributed by atoms with Gasteiger partial charge in [-0.25, -0.2) is 0 Å². The lowest BCUT2D eigenvalue weighted by molar-refractivity contribution is 0.0194. The van der Waals surface area contributed by atoms with Gasteiger partial charge in [-0.2, -0.15) is 0 Å². The lowest BCUT2D eigenvalue weighted by Crippen LogP contribution is -2.52. The average molecular weight is 153 g/mol. The predicted octanol–water partition coefficient (Wildman–Crippen LogP) is 1.25. The summed E-state index contributed by atoms with van der Waals surface area (Å²) in [5, 5.41) is 12.2. The topological polar surface area (TPSA) is 32.3 Å². The molecule has 1 rings (SSSR count). The summed E-state index contributed by atoms with van der Waals surface area (Å²) in [5.41, 5.74) is 1.10. The van der Waals surface area contributed by atoms with Crippen molar-refractivity contribution in [1.29, 1.82) is 0 Å². The van der Waals surface area contributed by atoms with E-state index in [1.807, 2.05) is 6.08 Å². The lowest BCUT2D eigenvalue weighted by Gasteiger charge is -2.40. The van der Waals surface area contributed by atoms with Crippen molar-refractivity contribution in [3.63, 3.8) is 0 Å². The SMILES string of the molecule is C=C/C=C1/NC(O)[C@@H]1C(C)C. The van der Waals surface area contributed by atoms with E-state index in [1.54, 1.807) is 6.08 Å². The van der Waals surface area contributed by atoms with Crippen LogP contribution in [0.15, 0.2) is 24.4 Å². The largest absolute Gasteiger partial charge is 0.373 e.